The Balaban J connectivity index is 1.44. The molecule has 2 aromatic heterocycles. The molecule has 0 radical (unpaired) electrons. The van der Waals surface area contributed by atoms with Gasteiger partial charge < -0.3 is 9.84 Å². The number of aromatic nitrogens is 4. The summed E-state index contributed by atoms with van der Waals surface area (Å²) in [7, 11) is 0. The van der Waals surface area contributed by atoms with Gasteiger partial charge in [-0.3, -0.25) is 14.4 Å². The van der Waals surface area contributed by atoms with Crippen molar-refractivity contribution in [3.05, 3.63) is 28.9 Å². The Morgan fingerprint density at radius 2 is 2.18 bits per heavy atom. The normalized spacial score (nSPS) is 26.9. The van der Waals surface area contributed by atoms with Crippen molar-refractivity contribution in [1.82, 2.24) is 30.4 Å². The number of nitrogens with zero attached hydrogens (tertiary/aromatic N) is 5. The number of carbonyl (C=O) groups is 1. The number of hydrogen-bond donors (Lipinski definition) is 1. The minimum atomic E-state index is -0.305. The molecule has 152 valence electrons. The third kappa shape index (κ3) is 3.13. The van der Waals surface area contributed by atoms with E-state index >= 15 is 0 Å². The predicted octanol–water partition coefficient (Wildman–Crippen LogP) is 2.14. The highest BCUT2D eigenvalue weighted by molar-refractivity contribution is 5.84. The molecule has 3 atom stereocenters. The predicted molar refractivity (Wildman–Crippen MR) is 103 cm³/mol. The second kappa shape index (κ2) is 7.31. The molecule has 2 fully saturated rings. The number of carbonyl (C=O) groups excluding carboxylic acids is 1. The van der Waals surface area contributed by atoms with E-state index in [4.69, 9.17) is 4.52 Å². The third-order valence-electron chi connectivity index (χ3n) is 6.77. The molecule has 2 bridgehead atoms. The van der Waals surface area contributed by atoms with Crippen molar-refractivity contribution in [2.45, 2.75) is 78.6 Å². The lowest BCUT2D eigenvalue weighted by atomic mass is 9.71. The zero-order valence-electron chi connectivity index (χ0n) is 17.2. The summed E-state index contributed by atoms with van der Waals surface area (Å²) in [6, 6.07) is 0.743. The van der Waals surface area contributed by atoms with E-state index in [1.54, 1.807) is 4.68 Å². The molecule has 8 heteroatoms. The molecule has 1 N–H and O–H groups in total. The summed E-state index contributed by atoms with van der Waals surface area (Å²) in [6.07, 6.45) is 5.94. The lowest BCUT2D eigenvalue weighted by Crippen LogP contribution is -2.49. The van der Waals surface area contributed by atoms with Crippen LogP contribution in [0.25, 0.3) is 0 Å². The van der Waals surface area contributed by atoms with Gasteiger partial charge in [0, 0.05) is 36.9 Å². The molecule has 2 saturated heterocycles. The van der Waals surface area contributed by atoms with E-state index in [1.807, 2.05) is 27.0 Å². The Bertz CT molecular complexity index is 839. The Hall–Kier alpha value is -2.22. The average Bonchev–Trinajstić information content (AvgIpc) is 3.42. The van der Waals surface area contributed by atoms with Gasteiger partial charge in [0.25, 0.3) is 0 Å². The quantitative estimate of drug-likeness (QED) is 0.784. The van der Waals surface area contributed by atoms with Crippen LogP contribution in [0.5, 0.6) is 0 Å². The zero-order valence-corrected chi connectivity index (χ0v) is 17.2. The maximum Gasteiger partial charge on any atom is 0.227 e. The lowest BCUT2D eigenvalue weighted by Gasteiger charge is -2.35. The van der Waals surface area contributed by atoms with E-state index in [-0.39, 0.29) is 17.4 Å². The highest BCUT2D eigenvalue weighted by atomic mass is 16.5. The van der Waals surface area contributed by atoms with Gasteiger partial charge in [-0.05, 0) is 46.5 Å². The first-order valence-electron chi connectivity index (χ1n) is 10.3. The fourth-order valence-electron chi connectivity index (χ4n) is 5.20. The fourth-order valence-corrected chi connectivity index (χ4v) is 5.20. The highest BCUT2D eigenvalue weighted by Crippen LogP contribution is 2.52. The van der Waals surface area contributed by atoms with Crippen LogP contribution in [0, 0.1) is 26.2 Å². The molecule has 2 aliphatic heterocycles. The highest BCUT2D eigenvalue weighted by Gasteiger charge is 2.58. The van der Waals surface area contributed by atoms with Crippen LogP contribution in [0.2, 0.25) is 0 Å². The van der Waals surface area contributed by atoms with Crippen LogP contribution >= 0.6 is 0 Å². The number of aryl methyl sites for hydroxylation is 3. The standard InChI is InChI=1S/C20H30N6O2/c1-5-20(19(27)21-8-9-25-11-13(2)22-24-25)10-16-6-7-18(20)26(16)12-17-14(3)23-28-15(17)4/h11,16,18H,5-10,12H2,1-4H3,(H,21,27)/t16-,18+,20+/m0/s1. The maximum absolute atomic E-state index is 13.3. The molecule has 0 aromatic carbocycles. The van der Waals surface area contributed by atoms with Crippen molar-refractivity contribution in [3.63, 3.8) is 0 Å². The molecule has 1 amide bonds. The zero-order chi connectivity index (χ0) is 19.9. The van der Waals surface area contributed by atoms with Crippen molar-refractivity contribution < 1.29 is 9.32 Å². The number of amides is 1. The second-order valence-corrected chi connectivity index (χ2v) is 8.31. The Kier molecular flexibility index (Phi) is 4.99. The van der Waals surface area contributed by atoms with E-state index in [0.717, 1.165) is 43.0 Å². The van der Waals surface area contributed by atoms with Gasteiger partial charge in [-0.2, -0.15) is 0 Å². The molecular formula is C20H30N6O2. The van der Waals surface area contributed by atoms with Gasteiger partial charge in [0.15, 0.2) is 0 Å². The van der Waals surface area contributed by atoms with Crippen LogP contribution in [0.4, 0.5) is 0 Å². The summed E-state index contributed by atoms with van der Waals surface area (Å²) in [5.74, 6) is 1.07. The first-order chi connectivity index (χ1) is 13.4. The smallest absolute Gasteiger partial charge is 0.227 e. The first kappa shape index (κ1) is 19.1. The summed E-state index contributed by atoms with van der Waals surface area (Å²) >= 11 is 0. The van der Waals surface area contributed by atoms with Crippen LogP contribution in [0.3, 0.4) is 0 Å². The van der Waals surface area contributed by atoms with Crippen molar-refractivity contribution in [2.75, 3.05) is 6.54 Å². The van der Waals surface area contributed by atoms with Crippen LogP contribution in [0.15, 0.2) is 10.7 Å². The molecule has 0 aliphatic carbocycles. The summed E-state index contributed by atoms with van der Waals surface area (Å²) in [5.41, 5.74) is 2.71. The van der Waals surface area contributed by atoms with E-state index < -0.39 is 0 Å². The molecule has 2 aromatic rings. The Labute approximate surface area is 165 Å². The number of hydrogen-bond acceptors (Lipinski definition) is 6. The second-order valence-electron chi connectivity index (χ2n) is 8.31. The summed E-state index contributed by atoms with van der Waals surface area (Å²) < 4.78 is 7.13. The van der Waals surface area contributed by atoms with Crippen LogP contribution in [-0.2, 0) is 17.9 Å². The van der Waals surface area contributed by atoms with Crippen LogP contribution in [-0.4, -0.2) is 49.6 Å². The maximum atomic E-state index is 13.3. The van der Waals surface area contributed by atoms with Gasteiger partial charge in [-0.1, -0.05) is 17.3 Å². The largest absolute Gasteiger partial charge is 0.361 e. The third-order valence-corrected chi connectivity index (χ3v) is 6.77. The number of nitrogens with one attached hydrogen (secondary N) is 1. The first-order valence-corrected chi connectivity index (χ1v) is 10.3. The van der Waals surface area contributed by atoms with Gasteiger partial charge >= 0.3 is 0 Å². The minimum absolute atomic E-state index is 0.183. The van der Waals surface area contributed by atoms with Gasteiger partial charge in [0.2, 0.25) is 5.91 Å². The van der Waals surface area contributed by atoms with E-state index in [9.17, 15) is 4.79 Å². The molecular weight excluding hydrogens is 356 g/mol. The summed E-state index contributed by atoms with van der Waals surface area (Å²) in [4.78, 5) is 15.8. The van der Waals surface area contributed by atoms with E-state index in [2.05, 4.69) is 32.6 Å². The molecule has 2 aliphatic rings. The monoisotopic (exact) mass is 386 g/mol. The van der Waals surface area contributed by atoms with Crippen molar-refractivity contribution in [2.24, 2.45) is 5.41 Å². The lowest BCUT2D eigenvalue weighted by molar-refractivity contribution is -0.133. The molecule has 4 heterocycles. The average molecular weight is 387 g/mol. The van der Waals surface area contributed by atoms with Crippen molar-refractivity contribution in [1.29, 1.82) is 0 Å². The van der Waals surface area contributed by atoms with Crippen molar-refractivity contribution >= 4 is 5.91 Å². The van der Waals surface area contributed by atoms with Gasteiger partial charge in [0.05, 0.1) is 23.3 Å². The molecule has 8 nitrogen and oxygen atoms in total. The topological polar surface area (TPSA) is 89.1 Å². The number of fused-ring (bicyclic) bond motifs is 2. The van der Waals surface area contributed by atoms with E-state index in [1.165, 1.54) is 12.0 Å². The molecule has 4 rings (SSSR count). The molecule has 0 saturated carbocycles. The van der Waals surface area contributed by atoms with Crippen LogP contribution < -0.4 is 5.32 Å². The molecule has 0 unspecified atom stereocenters. The Morgan fingerprint density at radius 3 is 2.82 bits per heavy atom. The fraction of sp³-hybridized carbons (Fsp3) is 0.700. The van der Waals surface area contributed by atoms with Gasteiger partial charge in [-0.15, -0.1) is 5.10 Å². The van der Waals surface area contributed by atoms with Crippen LogP contribution in [0.1, 0.15) is 55.3 Å². The van der Waals surface area contributed by atoms with Crippen molar-refractivity contribution in [3.8, 4) is 0 Å². The number of rotatable bonds is 7. The molecule has 0 spiro atoms. The van der Waals surface area contributed by atoms with Gasteiger partial charge in [0.1, 0.15) is 5.76 Å². The summed E-state index contributed by atoms with van der Waals surface area (Å²) in [5, 5.41) is 15.3. The SMILES string of the molecule is CC[C@@]1(C(=O)NCCn2cc(C)nn2)C[C@@H]2CC[C@H]1N2Cc1c(C)noc1C. The van der Waals surface area contributed by atoms with Gasteiger partial charge in [-0.25, -0.2) is 0 Å². The van der Waals surface area contributed by atoms with E-state index in [0.29, 0.717) is 19.1 Å². The Morgan fingerprint density at radius 1 is 1.36 bits per heavy atom. The minimum Gasteiger partial charge on any atom is -0.361 e. The summed E-state index contributed by atoms with van der Waals surface area (Å²) in [6.45, 7) is 10.1. The molecule has 28 heavy (non-hydrogen) atoms.